The molecule has 0 saturated heterocycles. The molecule has 0 bridgehead atoms. The summed E-state index contributed by atoms with van der Waals surface area (Å²) >= 11 is 5.29. The molecule has 14 heavy (non-hydrogen) atoms. The fourth-order valence-electron chi connectivity index (χ4n) is 2.16. The van der Waals surface area contributed by atoms with Gasteiger partial charge in [0.1, 0.15) is 0 Å². The summed E-state index contributed by atoms with van der Waals surface area (Å²) in [6.07, 6.45) is 6.89. The number of hydrogen-bond acceptors (Lipinski definition) is 1. The average molecular weight is 213 g/mol. The second-order valence-electron chi connectivity index (χ2n) is 4.57. The number of hydrogen-bond donors (Lipinski definition) is 0. The number of carbonyl (C=O) groups is 1. The minimum Gasteiger partial charge on any atom is -0.276 e. The number of allylic oxidation sites excluding steroid dienone is 4. The summed E-state index contributed by atoms with van der Waals surface area (Å²) in [6, 6.07) is 0. The molecule has 78 valence electrons. The minimum atomic E-state index is -0.397. The molecule has 0 radical (unpaired) electrons. The van der Waals surface area contributed by atoms with Gasteiger partial charge in [0, 0.05) is 0 Å². The Balaban J connectivity index is 2.96. The standard InChI is InChI=1S/C12H17ClO/c1-9-5-4-8-12(2,3)10(9)6-7-11(13)14/h6-7H,4-5,8H2,1-3H3. The number of carbonyl (C=O) groups excluding carboxylic acids is 1. The molecule has 0 heterocycles. The molecule has 1 aliphatic rings. The van der Waals surface area contributed by atoms with Gasteiger partial charge in [0.05, 0.1) is 0 Å². The monoisotopic (exact) mass is 212 g/mol. The van der Waals surface area contributed by atoms with Crippen LogP contribution in [-0.2, 0) is 4.79 Å². The van der Waals surface area contributed by atoms with Crippen LogP contribution in [0.4, 0.5) is 0 Å². The van der Waals surface area contributed by atoms with E-state index in [1.807, 2.05) is 6.08 Å². The molecule has 0 aromatic rings. The molecule has 0 amide bonds. The van der Waals surface area contributed by atoms with Crippen LogP contribution in [0.5, 0.6) is 0 Å². The van der Waals surface area contributed by atoms with Crippen molar-refractivity contribution in [2.24, 2.45) is 5.41 Å². The smallest absolute Gasteiger partial charge is 0.245 e. The van der Waals surface area contributed by atoms with E-state index < -0.39 is 5.24 Å². The van der Waals surface area contributed by atoms with Crippen LogP contribution in [0.15, 0.2) is 23.3 Å². The van der Waals surface area contributed by atoms with E-state index in [9.17, 15) is 4.79 Å². The van der Waals surface area contributed by atoms with E-state index in [1.165, 1.54) is 30.1 Å². The SMILES string of the molecule is CC1=C(C=CC(=O)Cl)C(C)(C)CCC1. The van der Waals surface area contributed by atoms with Gasteiger partial charge in [-0.15, -0.1) is 0 Å². The van der Waals surface area contributed by atoms with Crippen molar-refractivity contribution in [3.8, 4) is 0 Å². The highest BCUT2D eigenvalue weighted by atomic mass is 35.5. The summed E-state index contributed by atoms with van der Waals surface area (Å²) < 4.78 is 0. The molecular formula is C12H17ClO. The first-order valence-electron chi connectivity index (χ1n) is 5.01. The van der Waals surface area contributed by atoms with E-state index in [-0.39, 0.29) is 5.41 Å². The van der Waals surface area contributed by atoms with E-state index in [0.29, 0.717) is 0 Å². The zero-order valence-electron chi connectivity index (χ0n) is 9.06. The van der Waals surface area contributed by atoms with Crippen LogP contribution in [0.1, 0.15) is 40.0 Å². The van der Waals surface area contributed by atoms with Crippen molar-refractivity contribution in [3.63, 3.8) is 0 Å². The van der Waals surface area contributed by atoms with Gasteiger partial charge in [0.25, 0.3) is 0 Å². The third kappa shape index (κ3) is 2.71. The molecule has 0 aliphatic heterocycles. The Morgan fingerprint density at radius 2 is 2.14 bits per heavy atom. The summed E-state index contributed by atoms with van der Waals surface area (Å²) in [5.41, 5.74) is 2.85. The normalized spacial score (nSPS) is 21.7. The molecule has 0 aromatic heterocycles. The first-order valence-corrected chi connectivity index (χ1v) is 5.39. The van der Waals surface area contributed by atoms with Crippen LogP contribution in [0.2, 0.25) is 0 Å². The van der Waals surface area contributed by atoms with E-state index in [0.717, 1.165) is 6.42 Å². The second-order valence-corrected chi connectivity index (χ2v) is 4.94. The van der Waals surface area contributed by atoms with Crippen molar-refractivity contribution in [1.82, 2.24) is 0 Å². The van der Waals surface area contributed by atoms with E-state index >= 15 is 0 Å². The van der Waals surface area contributed by atoms with E-state index in [2.05, 4.69) is 20.8 Å². The molecule has 2 heteroatoms. The Morgan fingerprint density at radius 1 is 1.50 bits per heavy atom. The average Bonchev–Trinajstić information content (AvgIpc) is 2.01. The fraction of sp³-hybridized carbons (Fsp3) is 0.583. The van der Waals surface area contributed by atoms with Gasteiger partial charge in [-0.3, -0.25) is 4.79 Å². The number of halogens is 1. The Hall–Kier alpha value is -0.560. The highest BCUT2D eigenvalue weighted by Gasteiger charge is 2.26. The quantitative estimate of drug-likeness (QED) is 0.502. The Morgan fingerprint density at radius 3 is 2.64 bits per heavy atom. The lowest BCUT2D eigenvalue weighted by atomic mass is 9.73. The van der Waals surface area contributed by atoms with Crippen molar-refractivity contribution in [2.45, 2.75) is 40.0 Å². The molecule has 0 N–H and O–H groups in total. The van der Waals surface area contributed by atoms with Crippen molar-refractivity contribution in [1.29, 1.82) is 0 Å². The zero-order chi connectivity index (χ0) is 10.8. The zero-order valence-corrected chi connectivity index (χ0v) is 9.82. The first kappa shape index (κ1) is 11.5. The van der Waals surface area contributed by atoms with Gasteiger partial charge in [0.2, 0.25) is 5.24 Å². The predicted molar refractivity (Wildman–Crippen MR) is 60.3 cm³/mol. The largest absolute Gasteiger partial charge is 0.276 e. The van der Waals surface area contributed by atoms with Crippen LogP contribution in [0, 0.1) is 5.41 Å². The third-order valence-electron chi connectivity index (χ3n) is 2.92. The second kappa shape index (κ2) is 4.31. The van der Waals surface area contributed by atoms with Gasteiger partial charge in [-0.25, -0.2) is 0 Å². The molecular weight excluding hydrogens is 196 g/mol. The van der Waals surface area contributed by atoms with Crippen molar-refractivity contribution in [2.75, 3.05) is 0 Å². The van der Waals surface area contributed by atoms with Gasteiger partial charge in [-0.05, 0) is 54.9 Å². The van der Waals surface area contributed by atoms with Crippen LogP contribution < -0.4 is 0 Å². The molecule has 0 unspecified atom stereocenters. The Bertz CT molecular complexity index is 297. The maximum absolute atomic E-state index is 10.7. The van der Waals surface area contributed by atoms with Crippen LogP contribution in [-0.4, -0.2) is 5.24 Å². The summed E-state index contributed by atoms with van der Waals surface area (Å²) in [5, 5.41) is -0.397. The van der Waals surface area contributed by atoms with Crippen LogP contribution in [0.25, 0.3) is 0 Å². The molecule has 1 rings (SSSR count). The molecule has 1 nitrogen and oxygen atoms in total. The predicted octanol–water partition coefficient (Wildman–Crippen LogP) is 3.83. The van der Waals surface area contributed by atoms with Crippen molar-refractivity contribution >= 4 is 16.8 Å². The lowest BCUT2D eigenvalue weighted by Crippen LogP contribution is -2.19. The highest BCUT2D eigenvalue weighted by Crippen LogP contribution is 2.40. The Labute approximate surface area is 90.8 Å². The van der Waals surface area contributed by atoms with Crippen molar-refractivity contribution in [3.05, 3.63) is 23.3 Å². The molecule has 0 fully saturated rings. The van der Waals surface area contributed by atoms with E-state index in [1.54, 1.807) is 0 Å². The van der Waals surface area contributed by atoms with Gasteiger partial charge < -0.3 is 0 Å². The van der Waals surface area contributed by atoms with Crippen molar-refractivity contribution < 1.29 is 4.79 Å². The van der Waals surface area contributed by atoms with Gasteiger partial charge in [-0.2, -0.15) is 0 Å². The summed E-state index contributed by atoms with van der Waals surface area (Å²) in [4.78, 5) is 10.7. The fourth-order valence-corrected chi connectivity index (χ4v) is 2.22. The van der Waals surface area contributed by atoms with E-state index in [4.69, 9.17) is 11.6 Å². The number of rotatable bonds is 2. The van der Waals surface area contributed by atoms with Gasteiger partial charge in [-0.1, -0.05) is 25.5 Å². The molecule has 0 atom stereocenters. The minimum absolute atomic E-state index is 0.186. The lowest BCUT2D eigenvalue weighted by Gasteiger charge is -2.32. The van der Waals surface area contributed by atoms with Crippen LogP contribution >= 0.6 is 11.6 Å². The summed E-state index contributed by atoms with van der Waals surface area (Å²) in [5.74, 6) is 0. The molecule has 0 aromatic carbocycles. The molecule has 1 aliphatic carbocycles. The molecule has 0 spiro atoms. The topological polar surface area (TPSA) is 17.1 Å². The lowest BCUT2D eigenvalue weighted by molar-refractivity contribution is -0.107. The first-order chi connectivity index (χ1) is 6.43. The Kier molecular flexibility index (Phi) is 3.54. The maximum Gasteiger partial charge on any atom is 0.245 e. The summed E-state index contributed by atoms with van der Waals surface area (Å²) in [7, 11) is 0. The van der Waals surface area contributed by atoms with Gasteiger partial charge in [0.15, 0.2) is 0 Å². The maximum atomic E-state index is 10.7. The molecule has 0 saturated carbocycles. The van der Waals surface area contributed by atoms with Gasteiger partial charge >= 0.3 is 0 Å². The van der Waals surface area contributed by atoms with Crippen LogP contribution in [0.3, 0.4) is 0 Å². The highest BCUT2D eigenvalue weighted by molar-refractivity contribution is 6.66. The summed E-state index contributed by atoms with van der Waals surface area (Å²) in [6.45, 7) is 6.57. The third-order valence-corrected chi connectivity index (χ3v) is 3.05.